The van der Waals surface area contributed by atoms with Crippen molar-refractivity contribution in [2.45, 2.75) is 30.3 Å². The van der Waals surface area contributed by atoms with Gasteiger partial charge in [0.25, 0.3) is 0 Å². The number of nitrogens with zero attached hydrogens (tertiary/aromatic N) is 3. The van der Waals surface area contributed by atoms with E-state index >= 15 is 0 Å². The number of aromatic nitrogens is 2. The normalized spacial score (nSPS) is 15.3. The first kappa shape index (κ1) is 14.4. The maximum absolute atomic E-state index is 12.8. The molecule has 2 heterocycles. The van der Waals surface area contributed by atoms with Crippen LogP contribution in [0.2, 0.25) is 5.15 Å². The Morgan fingerprint density at radius 1 is 1.19 bits per heavy atom. The molecule has 0 amide bonds. The minimum Gasteiger partial charge on any atom is -0.265 e. The van der Waals surface area contributed by atoms with Gasteiger partial charge in [0, 0.05) is 31.2 Å². The second-order valence-electron chi connectivity index (χ2n) is 4.95. The van der Waals surface area contributed by atoms with Crippen LogP contribution in [-0.2, 0) is 16.6 Å². The Morgan fingerprint density at radius 2 is 1.90 bits per heavy atom. The molecule has 7 heteroatoms. The predicted octanol–water partition coefficient (Wildman–Crippen LogP) is 2.48. The van der Waals surface area contributed by atoms with E-state index in [0.717, 1.165) is 18.4 Å². The van der Waals surface area contributed by atoms with E-state index < -0.39 is 10.0 Å². The van der Waals surface area contributed by atoms with Crippen LogP contribution in [0.1, 0.15) is 18.4 Å². The van der Waals surface area contributed by atoms with Crippen molar-refractivity contribution < 1.29 is 8.42 Å². The molecular weight excluding hydrogens is 310 g/mol. The highest BCUT2D eigenvalue weighted by Crippen LogP contribution is 2.33. The third kappa shape index (κ3) is 3.23. The van der Waals surface area contributed by atoms with Gasteiger partial charge in [0.05, 0.1) is 0 Å². The molecule has 2 aromatic rings. The van der Waals surface area contributed by atoms with Crippen molar-refractivity contribution in [2.75, 3.05) is 0 Å². The van der Waals surface area contributed by atoms with Gasteiger partial charge in [0.15, 0.2) is 0 Å². The highest BCUT2D eigenvalue weighted by molar-refractivity contribution is 7.89. The van der Waals surface area contributed by atoms with Crippen LogP contribution in [0, 0.1) is 0 Å². The van der Waals surface area contributed by atoms with Crippen LogP contribution in [0.4, 0.5) is 0 Å². The Bertz CT molecular complexity index is 716. The molecule has 1 aliphatic rings. The summed E-state index contributed by atoms with van der Waals surface area (Å²) in [5.41, 5.74) is 0.919. The van der Waals surface area contributed by atoms with Crippen LogP contribution in [0.3, 0.4) is 0 Å². The van der Waals surface area contributed by atoms with Crippen LogP contribution >= 0.6 is 11.6 Å². The zero-order chi connectivity index (χ0) is 14.9. The standard InChI is InChI=1S/C14H14ClN3O2S/c15-14-4-3-13(9-17-14)21(19,20)18(12-1-2-12)10-11-5-7-16-8-6-11/h3-9,12H,1-2,10H2. The molecule has 0 saturated heterocycles. The first-order valence-corrected chi connectivity index (χ1v) is 8.41. The Morgan fingerprint density at radius 3 is 2.48 bits per heavy atom. The summed E-state index contributed by atoms with van der Waals surface area (Å²) in [7, 11) is -3.56. The van der Waals surface area contributed by atoms with E-state index in [1.165, 1.54) is 22.6 Å². The molecular formula is C14H14ClN3O2S. The van der Waals surface area contributed by atoms with Crippen molar-refractivity contribution in [1.29, 1.82) is 0 Å². The molecule has 0 spiro atoms. The van der Waals surface area contributed by atoms with E-state index in [2.05, 4.69) is 9.97 Å². The van der Waals surface area contributed by atoms with E-state index in [0.29, 0.717) is 6.54 Å². The van der Waals surface area contributed by atoms with Crippen LogP contribution in [-0.4, -0.2) is 28.7 Å². The average Bonchev–Trinajstić information content (AvgIpc) is 3.31. The monoisotopic (exact) mass is 323 g/mol. The molecule has 0 N–H and O–H groups in total. The minimum atomic E-state index is -3.56. The molecule has 0 bridgehead atoms. The molecule has 0 aliphatic heterocycles. The summed E-state index contributed by atoms with van der Waals surface area (Å²) in [6.45, 7) is 0.345. The Labute approximate surface area is 128 Å². The lowest BCUT2D eigenvalue weighted by Gasteiger charge is -2.21. The SMILES string of the molecule is O=S(=O)(c1ccc(Cl)nc1)N(Cc1ccncc1)C1CC1. The van der Waals surface area contributed by atoms with Gasteiger partial charge in [0.1, 0.15) is 10.0 Å². The van der Waals surface area contributed by atoms with E-state index in [1.54, 1.807) is 12.4 Å². The fourth-order valence-corrected chi connectivity index (χ4v) is 3.82. The summed E-state index contributed by atoms with van der Waals surface area (Å²) in [6.07, 6.45) is 6.42. The molecule has 3 rings (SSSR count). The summed E-state index contributed by atoms with van der Waals surface area (Å²) in [5, 5.41) is 0.279. The first-order valence-electron chi connectivity index (χ1n) is 6.60. The summed E-state index contributed by atoms with van der Waals surface area (Å²) in [6, 6.07) is 6.70. The van der Waals surface area contributed by atoms with E-state index in [4.69, 9.17) is 11.6 Å². The van der Waals surface area contributed by atoms with Crippen molar-refractivity contribution in [3.63, 3.8) is 0 Å². The van der Waals surface area contributed by atoms with Gasteiger partial charge in [0.2, 0.25) is 10.0 Å². The zero-order valence-corrected chi connectivity index (χ0v) is 12.8. The van der Waals surface area contributed by atoms with E-state index in [1.807, 2.05) is 12.1 Å². The molecule has 5 nitrogen and oxygen atoms in total. The number of pyridine rings is 2. The fourth-order valence-electron chi connectivity index (χ4n) is 2.09. The third-order valence-corrected chi connectivity index (χ3v) is 5.45. The molecule has 1 fully saturated rings. The highest BCUT2D eigenvalue weighted by atomic mass is 35.5. The summed E-state index contributed by atoms with van der Waals surface area (Å²) in [4.78, 5) is 7.99. The van der Waals surface area contributed by atoms with E-state index in [-0.39, 0.29) is 16.1 Å². The van der Waals surface area contributed by atoms with Gasteiger partial charge in [-0.1, -0.05) is 11.6 Å². The average molecular weight is 324 g/mol. The van der Waals surface area contributed by atoms with Crippen molar-refractivity contribution in [3.05, 3.63) is 53.6 Å². The highest BCUT2D eigenvalue weighted by Gasteiger charge is 2.38. The molecule has 1 saturated carbocycles. The first-order chi connectivity index (χ1) is 10.1. The zero-order valence-electron chi connectivity index (χ0n) is 11.2. The van der Waals surface area contributed by atoms with Crippen LogP contribution in [0.5, 0.6) is 0 Å². The number of rotatable bonds is 5. The Hall–Kier alpha value is -1.50. The maximum Gasteiger partial charge on any atom is 0.245 e. The van der Waals surface area contributed by atoms with Gasteiger partial charge >= 0.3 is 0 Å². The van der Waals surface area contributed by atoms with Gasteiger partial charge in [-0.3, -0.25) is 4.98 Å². The van der Waals surface area contributed by atoms with Gasteiger partial charge in [-0.2, -0.15) is 4.31 Å². The van der Waals surface area contributed by atoms with Crippen LogP contribution in [0.15, 0.2) is 47.8 Å². The lowest BCUT2D eigenvalue weighted by atomic mass is 10.3. The second kappa shape index (κ2) is 5.71. The van der Waals surface area contributed by atoms with Crippen molar-refractivity contribution in [2.24, 2.45) is 0 Å². The number of hydrogen-bond acceptors (Lipinski definition) is 4. The van der Waals surface area contributed by atoms with Gasteiger partial charge in [-0.15, -0.1) is 0 Å². The summed E-state index contributed by atoms with van der Waals surface area (Å²) in [5.74, 6) is 0. The molecule has 0 unspecified atom stereocenters. The van der Waals surface area contributed by atoms with Crippen molar-refractivity contribution >= 4 is 21.6 Å². The molecule has 0 radical (unpaired) electrons. The number of hydrogen-bond donors (Lipinski definition) is 0. The van der Waals surface area contributed by atoms with E-state index in [9.17, 15) is 8.42 Å². The van der Waals surface area contributed by atoms with Crippen LogP contribution < -0.4 is 0 Å². The quantitative estimate of drug-likeness (QED) is 0.793. The molecule has 0 aromatic carbocycles. The summed E-state index contributed by atoms with van der Waals surface area (Å²) < 4.78 is 27.0. The second-order valence-corrected chi connectivity index (χ2v) is 7.23. The molecule has 2 aromatic heterocycles. The Balaban J connectivity index is 1.91. The van der Waals surface area contributed by atoms with Gasteiger partial charge in [-0.05, 0) is 42.7 Å². The summed E-state index contributed by atoms with van der Waals surface area (Å²) >= 11 is 5.72. The molecule has 110 valence electrons. The Kier molecular flexibility index (Phi) is 3.93. The fraction of sp³-hybridized carbons (Fsp3) is 0.286. The number of halogens is 1. The van der Waals surface area contributed by atoms with Gasteiger partial charge < -0.3 is 0 Å². The lowest BCUT2D eigenvalue weighted by molar-refractivity contribution is 0.398. The van der Waals surface area contributed by atoms with Crippen LogP contribution in [0.25, 0.3) is 0 Å². The number of sulfonamides is 1. The maximum atomic E-state index is 12.8. The molecule has 21 heavy (non-hydrogen) atoms. The molecule has 1 aliphatic carbocycles. The topological polar surface area (TPSA) is 63.2 Å². The van der Waals surface area contributed by atoms with Gasteiger partial charge in [-0.25, -0.2) is 13.4 Å². The van der Waals surface area contributed by atoms with Crippen molar-refractivity contribution in [1.82, 2.24) is 14.3 Å². The lowest BCUT2D eigenvalue weighted by Crippen LogP contribution is -2.32. The largest absolute Gasteiger partial charge is 0.265 e. The predicted molar refractivity (Wildman–Crippen MR) is 79.2 cm³/mol. The smallest absolute Gasteiger partial charge is 0.245 e. The molecule has 0 atom stereocenters. The minimum absolute atomic E-state index is 0.0684. The third-order valence-electron chi connectivity index (χ3n) is 3.35. The van der Waals surface area contributed by atoms with Crippen molar-refractivity contribution in [3.8, 4) is 0 Å².